The Kier molecular flexibility index (Phi) is 3.94. The second-order valence-electron chi connectivity index (χ2n) is 4.69. The highest BCUT2D eigenvalue weighted by molar-refractivity contribution is 9.10. The van der Waals surface area contributed by atoms with Crippen LogP contribution in [0.5, 0.6) is 0 Å². The van der Waals surface area contributed by atoms with Gasteiger partial charge in [-0.1, -0.05) is 27.5 Å². The Bertz CT molecular complexity index is 611. The largest absolute Gasteiger partial charge is 0.312 e. The van der Waals surface area contributed by atoms with Gasteiger partial charge in [0.25, 0.3) is 0 Å². The zero-order chi connectivity index (χ0) is 13.4. The summed E-state index contributed by atoms with van der Waals surface area (Å²) in [7, 11) is 2.01. The molecule has 0 spiro atoms. The lowest BCUT2D eigenvalue weighted by Gasteiger charge is -2.19. The summed E-state index contributed by atoms with van der Waals surface area (Å²) in [6.07, 6.45) is 3.54. The molecule has 1 aromatic heterocycles. The van der Waals surface area contributed by atoms with Gasteiger partial charge in [0, 0.05) is 14.9 Å². The van der Waals surface area contributed by atoms with Gasteiger partial charge < -0.3 is 5.32 Å². The zero-order valence-electron chi connectivity index (χ0n) is 10.5. The molecule has 1 atom stereocenters. The molecule has 100 valence electrons. The van der Waals surface area contributed by atoms with Crippen LogP contribution in [0.1, 0.15) is 29.5 Å². The van der Waals surface area contributed by atoms with E-state index in [1.807, 2.05) is 25.2 Å². The van der Waals surface area contributed by atoms with Crippen LogP contribution in [0, 0.1) is 0 Å². The number of halogens is 2. The Morgan fingerprint density at radius 3 is 3.05 bits per heavy atom. The molecule has 0 radical (unpaired) electrons. The van der Waals surface area contributed by atoms with Crippen LogP contribution in [0.3, 0.4) is 0 Å². The standard InChI is InChI=1S/C14H14BrClN2S/c1-17-11-3-2-4-12-13(11)18-14(19-12)9-6-5-8(15)7-10(9)16/h5-7,11,17H,2-4H2,1H3. The fourth-order valence-corrected chi connectivity index (χ4v) is 4.50. The predicted octanol–water partition coefficient (Wildman–Crippen LogP) is 4.82. The molecule has 0 aliphatic heterocycles. The van der Waals surface area contributed by atoms with Gasteiger partial charge in [-0.25, -0.2) is 4.98 Å². The van der Waals surface area contributed by atoms with E-state index >= 15 is 0 Å². The van der Waals surface area contributed by atoms with E-state index in [4.69, 9.17) is 16.6 Å². The third kappa shape index (κ3) is 2.59. The van der Waals surface area contributed by atoms with Crippen LogP contribution < -0.4 is 5.32 Å². The molecule has 2 nitrogen and oxygen atoms in total. The lowest BCUT2D eigenvalue weighted by Crippen LogP contribution is -2.21. The minimum absolute atomic E-state index is 0.392. The van der Waals surface area contributed by atoms with Gasteiger partial charge in [0.1, 0.15) is 5.01 Å². The minimum atomic E-state index is 0.392. The molecule has 1 aromatic carbocycles. The molecule has 2 aromatic rings. The van der Waals surface area contributed by atoms with Gasteiger partial charge in [-0.3, -0.25) is 0 Å². The molecule has 0 bridgehead atoms. The van der Waals surface area contributed by atoms with Crippen LogP contribution in [-0.4, -0.2) is 12.0 Å². The van der Waals surface area contributed by atoms with Crippen LogP contribution in [0.15, 0.2) is 22.7 Å². The molecule has 0 saturated heterocycles. The van der Waals surface area contributed by atoms with Crippen molar-refractivity contribution in [3.05, 3.63) is 38.3 Å². The van der Waals surface area contributed by atoms with E-state index in [0.717, 1.165) is 26.5 Å². The molecule has 19 heavy (non-hydrogen) atoms. The summed E-state index contributed by atoms with van der Waals surface area (Å²) in [5, 5.41) is 5.14. The molecule has 0 amide bonds. The summed E-state index contributed by atoms with van der Waals surface area (Å²) in [4.78, 5) is 6.22. The number of hydrogen-bond acceptors (Lipinski definition) is 3. The van der Waals surface area contributed by atoms with E-state index < -0.39 is 0 Å². The van der Waals surface area contributed by atoms with Crippen LogP contribution in [0.2, 0.25) is 5.02 Å². The molecule has 1 heterocycles. The van der Waals surface area contributed by atoms with Crippen molar-refractivity contribution in [2.75, 3.05) is 7.05 Å². The maximum Gasteiger partial charge on any atom is 0.125 e. The van der Waals surface area contributed by atoms with Crippen molar-refractivity contribution in [1.82, 2.24) is 10.3 Å². The number of nitrogens with one attached hydrogen (secondary N) is 1. The second-order valence-corrected chi connectivity index (χ2v) is 7.09. The molecule has 5 heteroatoms. The maximum absolute atomic E-state index is 6.32. The van der Waals surface area contributed by atoms with Gasteiger partial charge in [-0.2, -0.15) is 0 Å². The van der Waals surface area contributed by atoms with E-state index in [1.165, 1.54) is 23.4 Å². The Hall–Kier alpha value is -0.420. The third-order valence-corrected chi connectivity index (χ3v) is 5.43. The summed E-state index contributed by atoms with van der Waals surface area (Å²) in [6.45, 7) is 0. The maximum atomic E-state index is 6.32. The quantitative estimate of drug-likeness (QED) is 0.833. The van der Waals surface area contributed by atoms with Crippen molar-refractivity contribution in [3.63, 3.8) is 0 Å². The third-order valence-electron chi connectivity index (χ3n) is 3.46. The van der Waals surface area contributed by atoms with Crippen molar-refractivity contribution in [3.8, 4) is 10.6 Å². The first-order valence-electron chi connectivity index (χ1n) is 6.31. The molecule has 1 aliphatic carbocycles. The summed E-state index contributed by atoms with van der Waals surface area (Å²) in [5.74, 6) is 0. The molecule has 0 saturated carbocycles. The molecule has 3 rings (SSSR count). The van der Waals surface area contributed by atoms with Crippen molar-refractivity contribution in [2.45, 2.75) is 25.3 Å². The summed E-state index contributed by atoms with van der Waals surface area (Å²) in [6, 6.07) is 6.36. The Labute approximate surface area is 130 Å². The van der Waals surface area contributed by atoms with E-state index in [-0.39, 0.29) is 0 Å². The fourth-order valence-electron chi connectivity index (χ4n) is 2.48. The monoisotopic (exact) mass is 356 g/mol. The lowest BCUT2D eigenvalue weighted by molar-refractivity contribution is 0.490. The van der Waals surface area contributed by atoms with Crippen molar-refractivity contribution in [2.24, 2.45) is 0 Å². The lowest BCUT2D eigenvalue weighted by atomic mass is 9.98. The van der Waals surface area contributed by atoms with Crippen LogP contribution in [-0.2, 0) is 6.42 Å². The number of thiazole rings is 1. The van der Waals surface area contributed by atoms with Gasteiger partial charge >= 0.3 is 0 Å². The van der Waals surface area contributed by atoms with Gasteiger partial charge in [0.2, 0.25) is 0 Å². The summed E-state index contributed by atoms with van der Waals surface area (Å²) < 4.78 is 0.996. The summed E-state index contributed by atoms with van der Waals surface area (Å²) in [5.41, 5.74) is 2.24. The molecule has 1 unspecified atom stereocenters. The van der Waals surface area contributed by atoms with Crippen LogP contribution in [0.4, 0.5) is 0 Å². The normalized spacial score (nSPS) is 18.4. The minimum Gasteiger partial charge on any atom is -0.312 e. The van der Waals surface area contributed by atoms with Gasteiger partial charge in [0.15, 0.2) is 0 Å². The Balaban J connectivity index is 2.05. The van der Waals surface area contributed by atoms with Gasteiger partial charge in [0.05, 0.1) is 16.8 Å². The number of rotatable bonds is 2. The number of benzene rings is 1. The van der Waals surface area contributed by atoms with Crippen LogP contribution in [0.25, 0.3) is 10.6 Å². The number of hydrogen-bond donors (Lipinski definition) is 1. The Morgan fingerprint density at radius 2 is 2.32 bits per heavy atom. The van der Waals surface area contributed by atoms with E-state index in [0.29, 0.717) is 6.04 Å². The Morgan fingerprint density at radius 1 is 1.47 bits per heavy atom. The average Bonchev–Trinajstić information content (AvgIpc) is 2.81. The molecular weight excluding hydrogens is 344 g/mol. The van der Waals surface area contributed by atoms with E-state index in [9.17, 15) is 0 Å². The average molecular weight is 358 g/mol. The topological polar surface area (TPSA) is 24.9 Å². The SMILES string of the molecule is CNC1CCCc2sc(-c3ccc(Br)cc3Cl)nc21. The van der Waals surface area contributed by atoms with Gasteiger partial charge in [-0.05, 0) is 44.5 Å². The first-order chi connectivity index (χ1) is 9.19. The predicted molar refractivity (Wildman–Crippen MR) is 85.0 cm³/mol. The number of fused-ring (bicyclic) bond motifs is 1. The molecule has 0 fully saturated rings. The highest BCUT2D eigenvalue weighted by Crippen LogP contribution is 2.39. The van der Waals surface area contributed by atoms with Crippen LogP contribution >= 0.6 is 38.9 Å². The van der Waals surface area contributed by atoms with Gasteiger partial charge in [-0.15, -0.1) is 11.3 Å². The van der Waals surface area contributed by atoms with E-state index in [2.05, 4.69) is 21.2 Å². The number of nitrogens with zero attached hydrogens (tertiary/aromatic N) is 1. The number of aromatic nitrogens is 1. The van der Waals surface area contributed by atoms with Crippen molar-refractivity contribution < 1.29 is 0 Å². The summed E-state index contributed by atoms with van der Waals surface area (Å²) >= 11 is 11.5. The van der Waals surface area contributed by atoms with Crippen molar-refractivity contribution in [1.29, 1.82) is 0 Å². The van der Waals surface area contributed by atoms with Crippen molar-refractivity contribution >= 4 is 38.9 Å². The van der Waals surface area contributed by atoms with E-state index in [1.54, 1.807) is 11.3 Å². The highest BCUT2D eigenvalue weighted by Gasteiger charge is 2.24. The molecule has 1 N–H and O–H groups in total. The smallest absolute Gasteiger partial charge is 0.125 e. The number of aryl methyl sites for hydroxylation is 1. The molecular formula is C14H14BrClN2S. The molecule has 1 aliphatic rings. The first kappa shape index (κ1) is 13.6. The highest BCUT2D eigenvalue weighted by atomic mass is 79.9. The zero-order valence-corrected chi connectivity index (χ0v) is 13.7. The first-order valence-corrected chi connectivity index (χ1v) is 8.30. The fraction of sp³-hybridized carbons (Fsp3) is 0.357. The second kappa shape index (κ2) is 5.52.